The Morgan fingerprint density at radius 1 is 1.56 bits per heavy atom. The lowest BCUT2D eigenvalue weighted by atomic mass is 10.1. The van der Waals surface area contributed by atoms with Gasteiger partial charge in [0.05, 0.1) is 11.9 Å². The third-order valence-electron chi connectivity index (χ3n) is 2.18. The summed E-state index contributed by atoms with van der Waals surface area (Å²) in [4.78, 5) is 11.6. The van der Waals surface area contributed by atoms with E-state index in [0.717, 1.165) is 4.68 Å². The van der Waals surface area contributed by atoms with Crippen LogP contribution in [-0.2, 0) is 11.3 Å². The lowest BCUT2D eigenvalue weighted by Gasteiger charge is -2.09. The van der Waals surface area contributed by atoms with Crippen LogP contribution in [0.4, 0.5) is 14.5 Å². The van der Waals surface area contributed by atoms with Crippen molar-refractivity contribution in [2.45, 2.75) is 19.9 Å². The molecule has 2 N–H and O–H groups in total. The Kier molecular flexibility index (Phi) is 7.45. The largest absolute Gasteiger partial charge is 0.323 e. The fourth-order valence-electron chi connectivity index (χ4n) is 1.33. The molecule has 0 aromatic carbocycles. The third-order valence-corrected chi connectivity index (χ3v) is 2.18. The maximum Gasteiger partial charge on any atom is 0.257 e. The predicted octanol–water partition coefficient (Wildman–Crippen LogP) is 1.36. The van der Waals surface area contributed by atoms with E-state index in [1.807, 2.05) is 0 Å². The molecule has 1 heterocycles. The van der Waals surface area contributed by atoms with Crippen LogP contribution in [0.15, 0.2) is 12.4 Å². The highest BCUT2D eigenvalue weighted by Gasteiger charge is 2.13. The van der Waals surface area contributed by atoms with Crippen LogP contribution in [0.3, 0.4) is 0 Å². The standard InChI is InChI=1S/C10H16F2N4O.ClH/c1-7(3-13-2)10(17)15-8-4-14-16(5-8)6-9(11)12;/h4-5,7,9,13H,3,6H2,1-2H3,(H,15,17);1H. The Balaban J connectivity index is 0.00000289. The second-order valence-corrected chi connectivity index (χ2v) is 3.79. The van der Waals surface area contributed by atoms with Gasteiger partial charge in [0, 0.05) is 18.7 Å². The second-order valence-electron chi connectivity index (χ2n) is 3.79. The average Bonchev–Trinajstić information content (AvgIpc) is 2.64. The Morgan fingerprint density at radius 3 is 2.78 bits per heavy atom. The summed E-state index contributed by atoms with van der Waals surface area (Å²) in [5.41, 5.74) is 0.429. The Morgan fingerprint density at radius 2 is 2.22 bits per heavy atom. The molecule has 0 aliphatic carbocycles. The quantitative estimate of drug-likeness (QED) is 0.828. The summed E-state index contributed by atoms with van der Waals surface area (Å²) in [6.45, 7) is 1.86. The Bertz CT molecular complexity index is 373. The number of rotatable bonds is 6. The van der Waals surface area contributed by atoms with Crippen molar-refractivity contribution in [2.75, 3.05) is 18.9 Å². The predicted molar refractivity (Wildman–Crippen MR) is 67.2 cm³/mol. The molecule has 5 nitrogen and oxygen atoms in total. The highest BCUT2D eigenvalue weighted by atomic mass is 35.5. The molecule has 8 heteroatoms. The molecule has 1 amide bonds. The lowest BCUT2D eigenvalue weighted by Crippen LogP contribution is -2.28. The van der Waals surface area contributed by atoms with Crippen molar-refractivity contribution in [2.24, 2.45) is 5.92 Å². The van der Waals surface area contributed by atoms with E-state index in [4.69, 9.17) is 0 Å². The summed E-state index contributed by atoms with van der Waals surface area (Å²) in [5.74, 6) is -0.366. The van der Waals surface area contributed by atoms with Gasteiger partial charge in [0.25, 0.3) is 6.43 Å². The van der Waals surface area contributed by atoms with Crippen molar-refractivity contribution < 1.29 is 13.6 Å². The molecular weight excluding hydrogens is 266 g/mol. The molecule has 0 saturated carbocycles. The molecule has 0 saturated heterocycles. The van der Waals surface area contributed by atoms with Gasteiger partial charge < -0.3 is 10.6 Å². The average molecular weight is 283 g/mol. The van der Waals surface area contributed by atoms with Gasteiger partial charge >= 0.3 is 0 Å². The van der Waals surface area contributed by atoms with Gasteiger partial charge in [-0.15, -0.1) is 12.4 Å². The SMILES string of the molecule is CNCC(C)C(=O)Nc1cnn(CC(F)F)c1.Cl. The first-order chi connectivity index (χ1) is 8.02. The summed E-state index contributed by atoms with van der Waals surface area (Å²) in [6, 6.07) is 0. The van der Waals surface area contributed by atoms with Gasteiger partial charge in [-0.2, -0.15) is 5.10 Å². The number of halogens is 3. The van der Waals surface area contributed by atoms with Gasteiger partial charge in [-0.25, -0.2) is 8.78 Å². The van der Waals surface area contributed by atoms with Gasteiger partial charge in [-0.05, 0) is 7.05 Å². The first-order valence-electron chi connectivity index (χ1n) is 5.29. The molecule has 0 spiro atoms. The molecule has 104 valence electrons. The van der Waals surface area contributed by atoms with E-state index in [-0.39, 0.29) is 24.2 Å². The molecule has 0 aliphatic heterocycles. The molecule has 1 aromatic heterocycles. The van der Waals surface area contributed by atoms with Gasteiger partial charge in [-0.1, -0.05) is 6.92 Å². The van der Waals surface area contributed by atoms with Crippen LogP contribution in [0.2, 0.25) is 0 Å². The highest BCUT2D eigenvalue weighted by molar-refractivity contribution is 5.92. The van der Waals surface area contributed by atoms with E-state index < -0.39 is 13.0 Å². The number of anilines is 1. The topological polar surface area (TPSA) is 59.0 Å². The summed E-state index contributed by atoms with van der Waals surface area (Å²) in [7, 11) is 1.75. The van der Waals surface area contributed by atoms with Crippen LogP contribution < -0.4 is 10.6 Å². The summed E-state index contributed by atoms with van der Waals surface area (Å²) in [5, 5.41) is 9.22. The van der Waals surface area contributed by atoms with Gasteiger partial charge in [0.1, 0.15) is 6.54 Å². The molecule has 0 fully saturated rings. The number of carbonyl (C=O) groups excluding carboxylic acids is 1. The molecule has 0 aliphatic rings. The zero-order valence-electron chi connectivity index (χ0n) is 10.2. The van der Waals surface area contributed by atoms with Crippen molar-refractivity contribution >= 4 is 24.0 Å². The van der Waals surface area contributed by atoms with Gasteiger partial charge in [0.2, 0.25) is 5.91 Å². The van der Waals surface area contributed by atoms with Gasteiger partial charge in [0.15, 0.2) is 0 Å². The van der Waals surface area contributed by atoms with Crippen LogP contribution >= 0.6 is 12.4 Å². The fraction of sp³-hybridized carbons (Fsp3) is 0.600. The monoisotopic (exact) mass is 282 g/mol. The molecule has 1 atom stereocenters. The number of nitrogens with one attached hydrogen (secondary N) is 2. The third kappa shape index (κ3) is 5.42. The minimum absolute atomic E-state index is 0. The molecule has 0 radical (unpaired) electrons. The van der Waals surface area contributed by atoms with Crippen LogP contribution in [-0.4, -0.2) is 35.7 Å². The second kappa shape index (κ2) is 7.99. The maximum atomic E-state index is 12.1. The molecular formula is C10H17ClF2N4O. The lowest BCUT2D eigenvalue weighted by molar-refractivity contribution is -0.119. The van der Waals surface area contributed by atoms with E-state index in [0.29, 0.717) is 12.2 Å². The minimum Gasteiger partial charge on any atom is -0.323 e. The van der Waals surface area contributed by atoms with E-state index in [1.54, 1.807) is 14.0 Å². The number of carbonyl (C=O) groups is 1. The van der Waals surface area contributed by atoms with Crippen molar-refractivity contribution in [3.63, 3.8) is 0 Å². The zero-order valence-corrected chi connectivity index (χ0v) is 11.0. The van der Waals surface area contributed by atoms with Gasteiger partial charge in [-0.3, -0.25) is 9.48 Å². The zero-order chi connectivity index (χ0) is 12.8. The molecule has 18 heavy (non-hydrogen) atoms. The number of amides is 1. The number of hydrogen-bond donors (Lipinski definition) is 2. The van der Waals surface area contributed by atoms with E-state index in [1.165, 1.54) is 12.4 Å². The van der Waals surface area contributed by atoms with Crippen molar-refractivity contribution in [1.82, 2.24) is 15.1 Å². The van der Waals surface area contributed by atoms with E-state index >= 15 is 0 Å². The summed E-state index contributed by atoms with van der Waals surface area (Å²) >= 11 is 0. The maximum absolute atomic E-state index is 12.1. The van der Waals surface area contributed by atoms with Crippen LogP contribution in [0.25, 0.3) is 0 Å². The number of hydrogen-bond acceptors (Lipinski definition) is 3. The van der Waals surface area contributed by atoms with Crippen molar-refractivity contribution in [3.05, 3.63) is 12.4 Å². The van der Waals surface area contributed by atoms with E-state index in [2.05, 4.69) is 15.7 Å². The Labute approximate surface area is 110 Å². The minimum atomic E-state index is -2.46. The molecule has 1 unspecified atom stereocenters. The summed E-state index contributed by atoms with van der Waals surface area (Å²) in [6.07, 6.45) is 0.282. The van der Waals surface area contributed by atoms with Crippen LogP contribution in [0, 0.1) is 5.92 Å². The molecule has 0 bridgehead atoms. The van der Waals surface area contributed by atoms with Crippen LogP contribution in [0.5, 0.6) is 0 Å². The van der Waals surface area contributed by atoms with Crippen molar-refractivity contribution in [3.8, 4) is 0 Å². The smallest absolute Gasteiger partial charge is 0.257 e. The first kappa shape index (κ1) is 16.8. The summed E-state index contributed by atoms with van der Waals surface area (Å²) < 4.78 is 25.2. The van der Waals surface area contributed by atoms with E-state index in [9.17, 15) is 13.6 Å². The fourth-order valence-corrected chi connectivity index (χ4v) is 1.33. The first-order valence-corrected chi connectivity index (χ1v) is 5.29. The normalized spacial score (nSPS) is 12.1. The Hall–Kier alpha value is -1.21. The number of nitrogens with zero attached hydrogens (tertiary/aromatic N) is 2. The number of aromatic nitrogens is 2. The molecule has 1 rings (SSSR count). The highest BCUT2D eigenvalue weighted by Crippen LogP contribution is 2.08. The van der Waals surface area contributed by atoms with Crippen molar-refractivity contribution in [1.29, 1.82) is 0 Å². The number of alkyl halides is 2. The molecule has 1 aromatic rings. The van der Waals surface area contributed by atoms with Crippen LogP contribution in [0.1, 0.15) is 6.92 Å².